The Kier molecular flexibility index (Phi) is 5.97. The Balaban J connectivity index is 2.03. The van der Waals surface area contributed by atoms with E-state index in [1.165, 1.54) is 13.2 Å². The lowest BCUT2D eigenvalue weighted by molar-refractivity contribution is 0.0600. The highest BCUT2D eigenvalue weighted by Gasteiger charge is 2.22. The molecule has 0 spiro atoms. The number of halogens is 1. The molecule has 2 amide bonds. The molecule has 0 saturated carbocycles. The highest BCUT2D eigenvalue weighted by molar-refractivity contribution is 7.99. The van der Waals surface area contributed by atoms with E-state index in [2.05, 4.69) is 10.1 Å². The summed E-state index contributed by atoms with van der Waals surface area (Å²) in [5.74, 6) is 1.70. The zero-order valence-corrected chi connectivity index (χ0v) is 14.2. The van der Waals surface area contributed by atoms with Gasteiger partial charge >= 0.3 is 12.0 Å². The van der Waals surface area contributed by atoms with Crippen LogP contribution >= 0.6 is 23.4 Å². The molecule has 0 atom stereocenters. The number of ether oxygens (including phenoxy) is 1. The number of amides is 2. The normalized spacial score (nSPS) is 15.2. The van der Waals surface area contributed by atoms with Crippen LogP contribution in [0.2, 0.25) is 5.02 Å². The predicted molar refractivity (Wildman–Crippen MR) is 89.9 cm³/mol. The number of anilines is 1. The molecule has 0 radical (unpaired) electrons. The van der Waals surface area contributed by atoms with Gasteiger partial charge in [-0.05, 0) is 42.5 Å². The highest BCUT2D eigenvalue weighted by Crippen LogP contribution is 2.25. The molecule has 1 N–H and O–H groups in total. The molecule has 0 unspecified atom stereocenters. The lowest BCUT2D eigenvalue weighted by Gasteiger charge is -2.31. The summed E-state index contributed by atoms with van der Waals surface area (Å²) in [5.41, 5.74) is 0.833. The monoisotopic (exact) mass is 342 g/mol. The van der Waals surface area contributed by atoms with Gasteiger partial charge in [-0.1, -0.05) is 11.6 Å². The van der Waals surface area contributed by atoms with Gasteiger partial charge in [0.2, 0.25) is 0 Å². The summed E-state index contributed by atoms with van der Waals surface area (Å²) in [6.07, 6.45) is 2.01. The van der Waals surface area contributed by atoms with Gasteiger partial charge in [0.15, 0.2) is 0 Å². The minimum atomic E-state index is -0.461. The fraction of sp³-hybridized carbons (Fsp3) is 0.467. The second-order valence-corrected chi connectivity index (χ2v) is 6.70. The third-order valence-electron chi connectivity index (χ3n) is 3.69. The van der Waals surface area contributed by atoms with Crippen LogP contribution in [0.15, 0.2) is 18.2 Å². The average molecular weight is 343 g/mol. The SMILES string of the molecule is COC(=O)c1ccc(NC(=O)N(C)C2CCSCC2)c(Cl)c1. The number of nitrogens with zero attached hydrogens (tertiary/aromatic N) is 1. The van der Waals surface area contributed by atoms with Gasteiger partial charge in [-0.15, -0.1) is 0 Å². The second-order valence-electron chi connectivity index (χ2n) is 5.07. The summed E-state index contributed by atoms with van der Waals surface area (Å²) in [4.78, 5) is 25.5. The average Bonchev–Trinajstić information content (AvgIpc) is 2.55. The third-order valence-corrected chi connectivity index (χ3v) is 5.05. The van der Waals surface area contributed by atoms with Gasteiger partial charge < -0.3 is 15.0 Å². The Morgan fingerprint density at radius 2 is 2.05 bits per heavy atom. The first-order valence-electron chi connectivity index (χ1n) is 7.02. The topological polar surface area (TPSA) is 58.6 Å². The van der Waals surface area contributed by atoms with Gasteiger partial charge in [0.1, 0.15) is 0 Å². The van der Waals surface area contributed by atoms with Crippen LogP contribution in [0, 0.1) is 0 Å². The second kappa shape index (κ2) is 7.74. The fourth-order valence-electron chi connectivity index (χ4n) is 2.30. The molecule has 22 heavy (non-hydrogen) atoms. The number of carbonyl (C=O) groups excluding carboxylic acids is 2. The number of nitrogens with one attached hydrogen (secondary N) is 1. The third kappa shape index (κ3) is 4.08. The summed E-state index contributed by atoms with van der Waals surface area (Å²) in [6.45, 7) is 0. The molecule has 0 bridgehead atoms. The maximum atomic E-state index is 12.3. The van der Waals surface area contributed by atoms with Crippen molar-refractivity contribution < 1.29 is 14.3 Å². The van der Waals surface area contributed by atoms with Crippen molar-refractivity contribution in [2.24, 2.45) is 0 Å². The number of hydrogen-bond acceptors (Lipinski definition) is 4. The smallest absolute Gasteiger partial charge is 0.337 e. The van der Waals surface area contributed by atoms with Crippen LogP contribution < -0.4 is 5.32 Å². The fourth-order valence-corrected chi connectivity index (χ4v) is 3.61. The van der Waals surface area contributed by atoms with E-state index in [1.54, 1.807) is 24.1 Å². The van der Waals surface area contributed by atoms with Gasteiger partial charge in [-0.3, -0.25) is 0 Å². The maximum Gasteiger partial charge on any atom is 0.337 e. The van der Waals surface area contributed by atoms with E-state index in [1.807, 2.05) is 11.8 Å². The van der Waals surface area contributed by atoms with Crippen LogP contribution in [0.3, 0.4) is 0 Å². The van der Waals surface area contributed by atoms with Crippen LogP contribution in [0.4, 0.5) is 10.5 Å². The van der Waals surface area contributed by atoms with E-state index in [9.17, 15) is 9.59 Å². The Labute approximate surface area is 139 Å². The van der Waals surface area contributed by atoms with Gasteiger partial charge in [0, 0.05) is 13.1 Å². The number of thioether (sulfide) groups is 1. The van der Waals surface area contributed by atoms with E-state index < -0.39 is 5.97 Å². The predicted octanol–water partition coefficient (Wildman–Crippen LogP) is 3.49. The Morgan fingerprint density at radius 1 is 1.36 bits per heavy atom. The van der Waals surface area contributed by atoms with Gasteiger partial charge in [-0.2, -0.15) is 11.8 Å². The van der Waals surface area contributed by atoms with Gasteiger partial charge in [-0.25, -0.2) is 9.59 Å². The first-order valence-corrected chi connectivity index (χ1v) is 8.55. The Bertz CT molecular complexity index is 562. The number of urea groups is 1. The van der Waals surface area contributed by atoms with Crippen molar-refractivity contribution in [2.75, 3.05) is 31.0 Å². The molecule has 1 aromatic carbocycles. The van der Waals surface area contributed by atoms with Crippen LogP contribution in [0.5, 0.6) is 0 Å². The zero-order chi connectivity index (χ0) is 16.1. The lowest BCUT2D eigenvalue weighted by Crippen LogP contribution is -2.41. The molecular formula is C15H19ClN2O3S. The van der Waals surface area contributed by atoms with E-state index in [-0.39, 0.29) is 12.1 Å². The molecule has 5 nitrogen and oxygen atoms in total. The summed E-state index contributed by atoms with van der Waals surface area (Å²) < 4.78 is 4.63. The molecule has 0 aromatic heterocycles. The van der Waals surface area contributed by atoms with Crippen molar-refractivity contribution >= 4 is 41.1 Å². The molecular weight excluding hydrogens is 324 g/mol. The van der Waals surface area contributed by atoms with Crippen molar-refractivity contribution in [1.82, 2.24) is 4.90 Å². The molecule has 1 saturated heterocycles. The summed E-state index contributed by atoms with van der Waals surface area (Å²) >= 11 is 8.04. The first-order chi connectivity index (χ1) is 10.5. The quantitative estimate of drug-likeness (QED) is 0.854. The molecule has 0 aliphatic carbocycles. The Morgan fingerprint density at radius 3 is 2.64 bits per heavy atom. The zero-order valence-electron chi connectivity index (χ0n) is 12.6. The van der Waals surface area contributed by atoms with E-state index in [0.29, 0.717) is 16.3 Å². The van der Waals surface area contributed by atoms with Gasteiger partial charge in [0.05, 0.1) is 23.4 Å². The lowest BCUT2D eigenvalue weighted by atomic mass is 10.1. The molecule has 1 fully saturated rings. The standard InChI is InChI=1S/C15H19ClN2O3S/c1-18(11-5-7-22-8-6-11)15(20)17-13-4-3-10(9-12(13)16)14(19)21-2/h3-4,9,11H,5-8H2,1-2H3,(H,17,20). The highest BCUT2D eigenvalue weighted by atomic mass is 35.5. The van der Waals surface area contributed by atoms with Crippen molar-refractivity contribution in [1.29, 1.82) is 0 Å². The number of methoxy groups -OCH3 is 1. The molecule has 7 heteroatoms. The molecule has 120 valence electrons. The van der Waals surface area contributed by atoms with Gasteiger partial charge in [0.25, 0.3) is 0 Å². The van der Waals surface area contributed by atoms with Crippen LogP contribution in [0.1, 0.15) is 23.2 Å². The van der Waals surface area contributed by atoms with Crippen molar-refractivity contribution in [3.8, 4) is 0 Å². The number of hydrogen-bond donors (Lipinski definition) is 1. The van der Waals surface area contributed by atoms with Crippen LogP contribution in [0.25, 0.3) is 0 Å². The number of esters is 1. The minimum Gasteiger partial charge on any atom is -0.465 e. The van der Waals surface area contributed by atoms with E-state index >= 15 is 0 Å². The Hall–Kier alpha value is -1.40. The molecule has 1 aliphatic rings. The minimum absolute atomic E-state index is 0.190. The van der Waals surface area contributed by atoms with Crippen molar-refractivity contribution in [3.63, 3.8) is 0 Å². The van der Waals surface area contributed by atoms with Crippen molar-refractivity contribution in [3.05, 3.63) is 28.8 Å². The number of carbonyl (C=O) groups is 2. The molecule has 2 rings (SSSR count). The summed E-state index contributed by atoms with van der Waals surface area (Å²) in [5, 5.41) is 3.10. The maximum absolute atomic E-state index is 12.3. The summed E-state index contributed by atoms with van der Waals surface area (Å²) in [6, 6.07) is 4.74. The molecule has 1 aliphatic heterocycles. The van der Waals surface area contributed by atoms with Crippen molar-refractivity contribution in [2.45, 2.75) is 18.9 Å². The van der Waals surface area contributed by atoms with Crippen LogP contribution in [-0.2, 0) is 4.74 Å². The summed E-state index contributed by atoms with van der Waals surface area (Å²) in [7, 11) is 3.11. The van der Waals surface area contributed by atoms with E-state index in [0.717, 1.165) is 24.3 Å². The van der Waals surface area contributed by atoms with Crippen LogP contribution in [-0.4, -0.2) is 48.6 Å². The number of rotatable bonds is 3. The molecule has 1 aromatic rings. The number of benzene rings is 1. The first kappa shape index (κ1) is 17.0. The molecule has 1 heterocycles. The van der Waals surface area contributed by atoms with E-state index in [4.69, 9.17) is 11.6 Å². The largest absolute Gasteiger partial charge is 0.465 e.